The second-order valence-corrected chi connectivity index (χ2v) is 5.92. The average Bonchev–Trinajstić information content (AvgIpc) is 3.26. The lowest BCUT2D eigenvalue weighted by Gasteiger charge is -2.18. The lowest BCUT2D eigenvalue weighted by Crippen LogP contribution is -2.14. The molecule has 1 aliphatic rings. The number of ether oxygens (including phenoxy) is 1. The Morgan fingerprint density at radius 1 is 0.958 bits per heavy atom. The van der Waals surface area contributed by atoms with Gasteiger partial charge in [0.15, 0.2) is 0 Å². The van der Waals surface area contributed by atoms with Gasteiger partial charge in [-0.25, -0.2) is 0 Å². The monoisotopic (exact) mass is 326 g/mol. The first-order chi connectivity index (χ1) is 11.8. The van der Waals surface area contributed by atoms with E-state index in [4.69, 9.17) is 13.6 Å². The van der Waals surface area contributed by atoms with Gasteiger partial charge in [-0.3, -0.25) is 0 Å². The van der Waals surface area contributed by atoms with Gasteiger partial charge in [0.2, 0.25) is 23.6 Å². The molecule has 0 aliphatic carbocycles. The highest BCUT2D eigenvalue weighted by molar-refractivity contribution is 5.53. The van der Waals surface area contributed by atoms with Gasteiger partial charge in [-0.05, 0) is 30.5 Å². The number of benzene rings is 1. The van der Waals surface area contributed by atoms with Crippen LogP contribution in [-0.4, -0.2) is 33.6 Å². The first kappa shape index (κ1) is 15.0. The highest BCUT2D eigenvalue weighted by Crippen LogP contribution is 2.28. The maximum Gasteiger partial charge on any atom is 0.247 e. The van der Waals surface area contributed by atoms with E-state index in [9.17, 15) is 0 Å². The molecule has 4 rings (SSSR count). The fourth-order valence-corrected chi connectivity index (χ4v) is 2.81. The van der Waals surface area contributed by atoms with E-state index < -0.39 is 0 Å². The van der Waals surface area contributed by atoms with Gasteiger partial charge in [0.25, 0.3) is 0 Å². The summed E-state index contributed by atoms with van der Waals surface area (Å²) in [6.45, 7) is 3.30. The summed E-state index contributed by atoms with van der Waals surface area (Å²) in [5, 5.41) is 16.2. The van der Waals surface area contributed by atoms with Crippen molar-refractivity contribution in [3.8, 4) is 11.5 Å². The molecule has 0 unspecified atom stereocenters. The first-order valence-electron chi connectivity index (χ1n) is 8.07. The highest BCUT2D eigenvalue weighted by atomic mass is 16.5. The summed E-state index contributed by atoms with van der Waals surface area (Å²) in [5.74, 6) is 2.75. The quantitative estimate of drug-likeness (QED) is 0.728. The Balaban J connectivity index is 1.47. The lowest BCUT2D eigenvalue weighted by atomic mass is 10.0. The zero-order valence-corrected chi connectivity index (χ0v) is 13.4. The molecule has 24 heavy (non-hydrogen) atoms. The van der Waals surface area contributed by atoms with Crippen LogP contribution in [0.3, 0.4) is 0 Å². The van der Waals surface area contributed by atoms with Crippen molar-refractivity contribution in [2.45, 2.75) is 32.1 Å². The number of aryl methyl sites for hydroxylation is 1. The van der Waals surface area contributed by atoms with Gasteiger partial charge in [0.1, 0.15) is 0 Å². The summed E-state index contributed by atoms with van der Waals surface area (Å²) >= 11 is 0. The third kappa shape index (κ3) is 3.21. The molecule has 0 N–H and O–H groups in total. The third-order valence-electron chi connectivity index (χ3n) is 4.14. The molecule has 0 radical (unpaired) electrons. The van der Waals surface area contributed by atoms with Crippen LogP contribution in [0.2, 0.25) is 0 Å². The van der Waals surface area contributed by atoms with E-state index in [-0.39, 0.29) is 0 Å². The van der Waals surface area contributed by atoms with E-state index in [2.05, 4.69) is 20.4 Å². The Bertz CT molecular complexity index is 803. The summed E-state index contributed by atoms with van der Waals surface area (Å²) in [4.78, 5) is 0. The van der Waals surface area contributed by atoms with Crippen LogP contribution in [0.4, 0.5) is 0 Å². The van der Waals surface area contributed by atoms with Gasteiger partial charge in [0, 0.05) is 31.6 Å². The normalized spacial score (nSPS) is 15.7. The zero-order chi connectivity index (χ0) is 16.4. The number of hydrogen-bond acceptors (Lipinski definition) is 7. The van der Waals surface area contributed by atoms with E-state index in [0.29, 0.717) is 35.9 Å². The van der Waals surface area contributed by atoms with Crippen LogP contribution in [0.15, 0.2) is 33.1 Å². The predicted octanol–water partition coefficient (Wildman–Crippen LogP) is 2.91. The molecule has 1 aromatic carbocycles. The molecule has 1 saturated heterocycles. The number of aromatic nitrogens is 4. The molecule has 3 heterocycles. The summed E-state index contributed by atoms with van der Waals surface area (Å²) < 4.78 is 16.6. The SMILES string of the molecule is Cc1nnc(Cc2ccc(-c3nnc(C4CCOCC4)o3)cc2)o1. The largest absolute Gasteiger partial charge is 0.425 e. The summed E-state index contributed by atoms with van der Waals surface area (Å²) in [5.41, 5.74) is 2.00. The van der Waals surface area contributed by atoms with Crippen molar-refractivity contribution < 1.29 is 13.6 Å². The molecule has 0 amide bonds. The van der Waals surface area contributed by atoms with Gasteiger partial charge >= 0.3 is 0 Å². The Kier molecular flexibility index (Phi) is 4.08. The molecular formula is C17H18N4O3. The number of nitrogens with zero attached hydrogens (tertiary/aromatic N) is 4. The zero-order valence-electron chi connectivity index (χ0n) is 13.4. The molecule has 7 heteroatoms. The Hall–Kier alpha value is -2.54. The summed E-state index contributed by atoms with van der Waals surface area (Å²) in [6.07, 6.45) is 2.48. The summed E-state index contributed by atoms with van der Waals surface area (Å²) in [7, 11) is 0. The predicted molar refractivity (Wildman–Crippen MR) is 84.4 cm³/mol. The minimum atomic E-state index is 0.306. The maximum absolute atomic E-state index is 5.85. The molecule has 0 bridgehead atoms. The minimum Gasteiger partial charge on any atom is -0.425 e. The van der Waals surface area contributed by atoms with Gasteiger partial charge < -0.3 is 13.6 Å². The molecule has 7 nitrogen and oxygen atoms in total. The average molecular weight is 326 g/mol. The van der Waals surface area contributed by atoms with Crippen LogP contribution in [-0.2, 0) is 11.2 Å². The van der Waals surface area contributed by atoms with E-state index in [0.717, 1.165) is 37.2 Å². The van der Waals surface area contributed by atoms with Crippen LogP contribution in [0.25, 0.3) is 11.5 Å². The summed E-state index contributed by atoms with van der Waals surface area (Å²) in [6, 6.07) is 7.96. The van der Waals surface area contributed by atoms with Crippen LogP contribution in [0, 0.1) is 6.92 Å². The lowest BCUT2D eigenvalue weighted by molar-refractivity contribution is 0.0795. The molecule has 0 spiro atoms. The molecule has 1 fully saturated rings. The van der Waals surface area contributed by atoms with Crippen molar-refractivity contribution >= 4 is 0 Å². The fraction of sp³-hybridized carbons (Fsp3) is 0.412. The van der Waals surface area contributed by atoms with Crippen LogP contribution >= 0.6 is 0 Å². The van der Waals surface area contributed by atoms with Crippen LogP contribution in [0.1, 0.15) is 42.0 Å². The molecule has 0 saturated carbocycles. The van der Waals surface area contributed by atoms with Crippen molar-refractivity contribution in [2.75, 3.05) is 13.2 Å². The highest BCUT2D eigenvalue weighted by Gasteiger charge is 2.22. The van der Waals surface area contributed by atoms with Gasteiger partial charge in [0.05, 0.1) is 6.42 Å². The van der Waals surface area contributed by atoms with Crippen LogP contribution in [0.5, 0.6) is 0 Å². The van der Waals surface area contributed by atoms with Crippen LogP contribution < -0.4 is 0 Å². The second kappa shape index (κ2) is 6.52. The Morgan fingerprint density at radius 2 is 1.75 bits per heavy atom. The van der Waals surface area contributed by atoms with E-state index in [1.807, 2.05) is 24.3 Å². The van der Waals surface area contributed by atoms with Gasteiger partial charge in [-0.1, -0.05) is 12.1 Å². The smallest absolute Gasteiger partial charge is 0.247 e. The van der Waals surface area contributed by atoms with E-state index in [1.54, 1.807) is 6.92 Å². The number of hydrogen-bond donors (Lipinski definition) is 0. The first-order valence-corrected chi connectivity index (χ1v) is 8.07. The van der Waals surface area contributed by atoms with Crippen molar-refractivity contribution in [3.05, 3.63) is 47.5 Å². The molecule has 3 aromatic rings. The van der Waals surface area contributed by atoms with E-state index >= 15 is 0 Å². The standard InChI is InChI=1S/C17H18N4O3/c1-11-18-19-15(23-11)10-12-2-4-13(5-3-12)16-20-21-17(24-16)14-6-8-22-9-7-14/h2-5,14H,6-10H2,1H3. The minimum absolute atomic E-state index is 0.306. The molecule has 0 atom stereocenters. The van der Waals surface area contributed by atoms with Gasteiger partial charge in [-0.15, -0.1) is 20.4 Å². The fourth-order valence-electron chi connectivity index (χ4n) is 2.81. The molecule has 2 aromatic heterocycles. The topological polar surface area (TPSA) is 87.1 Å². The van der Waals surface area contributed by atoms with Gasteiger partial charge in [-0.2, -0.15) is 0 Å². The number of rotatable bonds is 4. The Labute approximate surface area is 139 Å². The molecule has 124 valence electrons. The Morgan fingerprint density at radius 3 is 2.46 bits per heavy atom. The maximum atomic E-state index is 5.85. The van der Waals surface area contributed by atoms with E-state index in [1.165, 1.54) is 0 Å². The molecular weight excluding hydrogens is 308 g/mol. The molecule has 1 aliphatic heterocycles. The second-order valence-electron chi connectivity index (χ2n) is 5.92. The van der Waals surface area contributed by atoms with Crippen molar-refractivity contribution in [1.29, 1.82) is 0 Å². The van der Waals surface area contributed by atoms with Crippen molar-refractivity contribution in [1.82, 2.24) is 20.4 Å². The van der Waals surface area contributed by atoms with Crippen molar-refractivity contribution in [3.63, 3.8) is 0 Å². The van der Waals surface area contributed by atoms with Crippen molar-refractivity contribution in [2.24, 2.45) is 0 Å². The third-order valence-corrected chi connectivity index (χ3v) is 4.14.